The summed E-state index contributed by atoms with van der Waals surface area (Å²) in [5, 5.41) is 6.24. The van der Waals surface area contributed by atoms with Gasteiger partial charge in [-0.2, -0.15) is 0 Å². The molecule has 0 spiro atoms. The quantitative estimate of drug-likeness (QED) is 0.108. The number of unbranched alkanes of at least 4 members (excludes halogenated alkanes) is 18. The molecule has 0 bridgehead atoms. The van der Waals surface area contributed by atoms with E-state index in [0.717, 1.165) is 26.1 Å². The van der Waals surface area contributed by atoms with Crippen LogP contribution in [0.5, 0.6) is 11.5 Å². The molecular weight excluding hydrogens is 492 g/mol. The van der Waals surface area contributed by atoms with E-state index in [1.54, 1.807) is 0 Å². The highest BCUT2D eigenvalue weighted by molar-refractivity contribution is 7.07. The zero-order valence-electron chi connectivity index (χ0n) is 24.9. The largest absolute Gasteiger partial charge is 0.487 e. The number of fused-ring (bicyclic) bond motifs is 1. The van der Waals surface area contributed by atoms with Gasteiger partial charge in [0.15, 0.2) is 11.5 Å². The van der Waals surface area contributed by atoms with Gasteiger partial charge in [-0.05, 0) is 12.8 Å². The van der Waals surface area contributed by atoms with Gasteiger partial charge in [0.2, 0.25) is 0 Å². The monoisotopic (exact) mass is 550 g/mol. The minimum Gasteiger partial charge on any atom is -0.487 e. The van der Waals surface area contributed by atoms with Crippen LogP contribution in [-0.2, 0) is 9.47 Å². The molecule has 2 rings (SSSR count). The summed E-state index contributed by atoms with van der Waals surface area (Å²) in [6, 6.07) is 0. The summed E-state index contributed by atoms with van der Waals surface area (Å²) in [7, 11) is 0. The summed E-state index contributed by atoms with van der Waals surface area (Å²) in [4.78, 5) is 0. The number of hydrogen-bond acceptors (Lipinski definition) is 5. The topological polar surface area (TPSA) is 36.9 Å². The summed E-state index contributed by atoms with van der Waals surface area (Å²) in [5.74, 6) is 1.36. The Labute approximate surface area is 239 Å². The Morgan fingerprint density at radius 1 is 0.553 bits per heavy atom. The molecule has 4 nitrogen and oxygen atoms in total. The van der Waals surface area contributed by atoms with Crippen molar-refractivity contribution < 1.29 is 18.9 Å². The highest BCUT2D eigenvalue weighted by atomic mass is 32.1. The summed E-state index contributed by atoms with van der Waals surface area (Å²) in [5.41, 5.74) is -0.282. The van der Waals surface area contributed by atoms with Crippen LogP contribution in [0.4, 0.5) is 0 Å². The van der Waals surface area contributed by atoms with Crippen molar-refractivity contribution in [1.29, 1.82) is 0 Å². The molecule has 0 saturated heterocycles. The van der Waals surface area contributed by atoms with Crippen molar-refractivity contribution in [3.63, 3.8) is 0 Å². The lowest BCUT2D eigenvalue weighted by Gasteiger charge is -2.30. The highest BCUT2D eigenvalue weighted by Crippen LogP contribution is 2.36. The SMILES string of the molecule is CCCCCCCCCCCCOCC1(COCCCCCCCCCCCC)COc2[c]s[c]c2OC1. The van der Waals surface area contributed by atoms with Crippen molar-refractivity contribution in [2.45, 2.75) is 142 Å². The Bertz CT molecular complexity index is 594. The van der Waals surface area contributed by atoms with Crippen LogP contribution in [0, 0.1) is 16.2 Å². The van der Waals surface area contributed by atoms with E-state index in [4.69, 9.17) is 18.9 Å². The van der Waals surface area contributed by atoms with E-state index in [0.29, 0.717) is 37.9 Å². The molecule has 1 aliphatic rings. The molecular formula is C33H58O4S. The van der Waals surface area contributed by atoms with Gasteiger partial charge < -0.3 is 18.9 Å². The van der Waals surface area contributed by atoms with Crippen LogP contribution in [-0.4, -0.2) is 39.6 Å². The maximum Gasteiger partial charge on any atom is 0.181 e. The first-order valence-electron chi connectivity index (χ1n) is 16.1. The highest BCUT2D eigenvalue weighted by Gasteiger charge is 2.36. The van der Waals surface area contributed by atoms with Gasteiger partial charge in [-0.15, -0.1) is 11.3 Å². The third kappa shape index (κ3) is 15.7. The van der Waals surface area contributed by atoms with E-state index in [9.17, 15) is 0 Å². The molecule has 0 aromatic carbocycles. The van der Waals surface area contributed by atoms with Gasteiger partial charge >= 0.3 is 0 Å². The number of ether oxygens (including phenoxy) is 4. The minimum absolute atomic E-state index is 0.282. The minimum atomic E-state index is -0.282. The van der Waals surface area contributed by atoms with Crippen LogP contribution >= 0.6 is 11.3 Å². The van der Waals surface area contributed by atoms with E-state index >= 15 is 0 Å². The van der Waals surface area contributed by atoms with Crippen LogP contribution in [0.25, 0.3) is 0 Å². The Kier molecular flexibility index (Phi) is 20.2. The van der Waals surface area contributed by atoms with E-state index < -0.39 is 0 Å². The molecule has 0 amide bonds. The first-order chi connectivity index (χ1) is 18.8. The lowest BCUT2D eigenvalue weighted by Crippen LogP contribution is -2.42. The second-order valence-electron chi connectivity index (χ2n) is 11.5. The van der Waals surface area contributed by atoms with Crippen molar-refractivity contribution >= 4 is 11.3 Å². The third-order valence-corrected chi connectivity index (χ3v) is 8.21. The Hall–Kier alpha value is -0.780. The summed E-state index contributed by atoms with van der Waals surface area (Å²) >= 11 is 1.38. The van der Waals surface area contributed by atoms with E-state index in [-0.39, 0.29) is 5.41 Å². The van der Waals surface area contributed by atoms with Crippen LogP contribution in [0.3, 0.4) is 0 Å². The van der Waals surface area contributed by atoms with Gasteiger partial charge in [0.25, 0.3) is 0 Å². The zero-order valence-corrected chi connectivity index (χ0v) is 25.7. The maximum absolute atomic E-state index is 6.18. The summed E-state index contributed by atoms with van der Waals surface area (Å²) < 4.78 is 24.5. The smallest absolute Gasteiger partial charge is 0.181 e. The maximum atomic E-state index is 6.18. The van der Waals surface area contributed by atoms with Crippen LogP contribution in [0.15, 0.2) is 0 Å². The lowest BCUT2D eigenvalue weighted by atomic mass is 9.92. The Morgan fingerprint density at radius 3 is 1.26 bits per heavy atom. The van der Waals surface area contributed by atoms with Crippen LogP contribution < -0.4 is 9.47 Å². The van der Waals surface area contributed by atoms with Gasteiger partial charge in [-0.1, -0.05) is 129 Å². The summed E-state index contributed by atoms with van der Waals surface area (Å²) in [6.07, 6.45) is 26.8. The normalized spacial score (nSPS) is 14.6. The molecule has 0 unspecified atom stereocenters. The van der Waals surface area contributed by atoms with Gasteiger partial charge in [-0.3, -0.25) is 0 Å². The molecule has 0 atom stereocenters. The van der Waals surface area contributed by atoms with Crippen molar-refractivity contribution in [2.24, 2.45) is 5.41 Å². The molecule has 5 heteroatoms. The molecule has 2 heterocycles. The molecule has 38 heavy (non-hydrogen) atoms. The van der Waals surface area contributed by atoms with Gasteiger partial charge in [0, 0.05) is 13.2 Å². The standard InChI is InChI=1S/C33H58O4S/c1-3-5-7-9-11-13-15-17-19-21-23-34-27-33(29-36-31-25-38-26-32(31)37-30-33)28-35-24-22-20-18-16-14-12-10-8-6-4-2/h3-24,27-30H2,1-2H3. The molecule has 0 fully saturated rings. The fraction of sp³-hybridized carbons (Fsp3) is 0.879. The fourth-order valence-electron chi connectivity index (χ4n) is 5.06. The van der Waals surface area contributed by atoms with Gasteiger partial charge in [-0.25, -0.2) is 0 Å². The third-order valence-electron chi connectivity index (χ3n) is 7.64. The summed E-state index contributed by atoms with van der Waals surface area (Å²) in [6.45, 7) is 8.46. The zero-order chi connectivity index (χ0) is 27.0. The second-order valence-corrected chi connectivity index (χ2v) is 12.1. The number of rotatable bonds is 26. The first-order valence-corrected chi connectivity index (χ1v) is 16.9. The first kappa shape index (κ1) is 33.4. The molecule has 1 aromatic heterocycles. The van der Waals surface area contributed by atoms with Crippen LogP contribution in [0.1, 0.15) is 142 Å². The molecule has 1 aliphatic heterocycles. The molecule has 1 aromatic rings. The van der Waals surface area contributed by atoms with E-state index in [1.807, 2.05) is 0 Å². The van der Waals surface area contributed by atoms with Crippen molar-refractivity contribution in [2.75, 3.05) is 39.6 Å². The van der Waals surface area contributed by atoms with E-state index in [2.05, 4.69) is 24.6 Å². The Morgan fingerprint density at radius 2 is 0.895 bits per heavy atom. The average Bonchev–Trinajstić information content (AvgIpc) is 3.32. The number of thiophene rings is 1. The van der Waals surface area contributed by atoms with Crippen molar-refractivity contribution in [1.82, 2.24) is 0 Å². The second kappa shape index (κ2) is 23.0. The van der Waals surface area contributed by atoms with Crippen LogP contribution in [0.2, 0.25) is 0 Å². The van der Waals surface area contributed by atoms with Gasteiger partial charge in [0.1, 0.15) is 13.2 Å². The van der Waals surface area contributed by atoms with E-state index in [1.165, 1.54) is 127 Å². The Balaban J connectivity index is 1.56. The van der Waals surface area contributed by atoms with Crippen molar-refractivity contribution in [3.05, 3.63) is 10.8 Å². The average molecular weight is 551 g/mol. The molecule has 220 valence electrons. The predicted molar refractivity (Wildman–Crippen MR) is 161 cm³/mol. The molecule has 0 aliphatic carbocycles. The fourth-order valence-corrected chi connectivity index (χ4v) is 5.60. The van der Waals surface area contributed by atoms with Gasteiger partial charge in [0.05, 0.1) is 29.4 Å². The molecule has 0 N–H and O–H groups in total. The number of hydrogen-bond donors (Lipinski definition) is 0. The predicted octanol–water partition coefficient (Wildman–Crippen LogP) is 9.98. The molecule has 2 radical (unpaired) electrons. The van der Waals surface area contributed by atoms with Crippen molar-refractivity contribution in [3.8, 4) is 11.5 Å². The molecule has 0 saturated carbocycles. The lowest BCUT2D eigenvalue weighted by molar-refractivity contribution is -0.0606.